The minimum Gasteiger partial charge on any atom is -0.366 e. The number of thiophene rings is 1. The second kappa shape index (κ2) is 4.42. The van der Waals surface area contributed by atoms with Crippen LogP contribution in [0.15, 0.2) is 17.5 Å². The van der Waals surface area contributed by atoms with Gasteiger partial charge in [-0.05, 0) is 30.6 Å². The number of hydrogen-bond donors (Lipinski definition) is 2. The Kier molecular flexibility index (Phi) is 3.49. The van der Waals surface area contributed by atoms with E-state index >= 15 is 0 Å². The maximum atomic E-state index is 4.99. The van der Waals surface area contributed by atoms with Crippen LogP contribution in [0.1, 0.15) is 17.8 Å². The molecule has 0 radical (unpaired) electrons. The Balaban J connectivity index is 2.49. The topological polar surface area (TPSA) is 24.1 Å². The molecule has 2 N–H and O–H groups in total. The van der Waals surface area contributed by atoms with Gasteiger partial charge in [0.25, 0.3) is 0 Å². The first-order valence-corrected chi connectivity index (χ1v) is 5.04. The number of rotatable bonds is 2. The first-order chi connectivity index (χ1) is 5.74. The third-order valence-electron chi connectivity index (χ3n) is 1.54. The quantitative estimate of drug-likeness (QED) is 0.713. The molecule has 0 bridgehead atoms. The van der Waals surface area contributed by atoms with E-state index in [-0.39, 0.29) is 0 Å². The highest BCUT2D eigenvalue weighted by molar-refractivity contribution is 7.80. The van der Waals surface area contributed by atoms with Gasteiger partial charge in [0, 0.05) is 11.9 Å². The molecule has 0 fully saturated rings. The summed E-state index contributed by atoms with van der Waals surface area (Å²) in [6.45, 7) is 2.09. The van der Waals surface area contributed by atoms with Crippen molar-refractivity contribution in [2.24, 2.45) is 0 Å². The van der Waals surface area contributed by atoms with Gasteiger partial charge < -0.3 is 10.6 Å². The Labute approximate surface area is 82.0 Å². The Morgan fingerprint density at radius 1 is 1.67 bits per heavy atom. The molecule has 0 aromatic carbocycles. The molecule has 0 saturated heterocycles. The molecule has 1 aromatic rings. The molecule has 1 atom stereocenters. The van der Waals surface area contributed by atoms with Gasteiger partial charge in [-0.25, -0.2) is 0 Å². The molecule has 4 heteroatoms. The molecule has 0 spiro atoms. The molecular formula is C8H12N2S2. The smallest absolute Gasteiger partial charge is 0.166 e. The molecule has 0 saturated carbocycles. The van der Waals surface area contributed by atoms with E-state index in [0.29, 0.717) is 11.2 Å². The van der Waals surface area contributed by atoms with Crippen LogP contribution in [0.2, 0.25) is 0 Å². The van der Waals surface area contributed by atoms with Gasteiger partial charge >= 0.3 is 0 Å². The van der Waals surface area contributed by atoms with Crippen molar-refractivity contribution in [3.63, 3.8) is 0 Å². The molecule has 12 heavy (non-hydrogen) atoms. The molecule has 0 aliphatic heterocycles. The highest BCUT2D eigenvalue weighted by Gasteiger charge is 2.05. The van der Waals surface area contributed by atoms with Gasteiger partial charge in [-0.1, -0.05) is 6.07 Å². The summed E-state index contributed by atoms with van der Waals surface area (Å²) in [6.07, 6.45) is 0. The van der Waals surface area contributed by atoms with Crippen LogP contribution in [-0.4, -0.2) is 12.2 Å². The summed E-state index contributed by atoms with van der Waals surface area (Å²) in [7, 11) is 1.82. The molecule has 1 heterocycles. The highest BCUT2D eigenvalue weighted by Crippen LogP contribution is 2.17. The normalized spacial score (nSPS) is 12.2. The van der Waals surface area contributed by atoms with Crippen molar-refractivity contribution in [2.75, 3.05) is 7.05 Å². The average molecular weight is 200 g/mol. The summed E-state index contributed by atoms with van der Waals surface area (Å²) in [5.41, 5.74) is 0. The molecule has 1 aromatic heterocycles. The zero-order valence-corrected chi connectivity index (χ0v) is 8.76. The number of hydrogen-bond acceptors (Lipinski definition) is 2. The Morgan fingerprint density at radius 3 is 2.92 bits per heavy atom. The molecule has 0 amide bonds. The van der Waals surface area contributed by atoms with Crippen molar-refractivity contribution in [2.45, 2.75) is 13.0 Å². The van der Waals surface area contributed by atoms with Crippen LogP contribution < -0.4 is 10.6 Å². The van der Waals surface area contributed by atoms with Crippen LogP contribution in [-0.2, 0) is 0 Å². The van der Waals surface area contributed by atoms with Crippen LogP contribution >= 0.6 is 23.6 Å². The third-order valence-corrected chi connectivity index (χ3v) is 2.92. The van der Waals surface area contributed by atoms with Crippen LogP contribution in [0.5, 0.6) is 0 Å². The van der Waals surface area contributed by atoms with E-state index in [0.717, 1.165) is 0 Å². The minimum absolute atomic E-state index is 0.296. The lowest BCUT2D eigenvalue weighted by Crippen LogP contribution is -2.33. The average Bonchev–Trinajstić information content (AvgIpc) is 2.56. The molecule has 2 nitrogen and oxygen atoms in total. The standard InChI is InChI=1S/C8H12N2S2/c1-6(10-8(11)9-2)7-4-3-5-12-7/h3-6H,1-2H3,(H2,9,10,11). The number of thiocarbonyl (C=S) groups is 1. The van der Waals surface area contributed by atoms with Gasteiger partial charge in [0.05, 0.1) is 6.04 Å². The van der Waals surface area contributed by atoms with Crippen molar-refractivity contribution in [3.8, 4) is 0 Å². The molecule has 1 rings (SSSR count). The van der Waals surface area contributed by atoms with Crippen molar-refractivity contribution in [3.05, 3.63) is 22.4 Å². The summed E-state index contributed by atoms with van der Waals surface area (Å²) >= 11 is 6.72. The lowest BCUT2D eigenvalue weighted by molar-refractivity contribution is 0.723. The fraction of sp³-hybridized carbons (Fsp3) is 0.375. The zero-order valence-electron chi connectivity index (χ0n) is 7.13. The van der Waals surface area contributed by atoms with Crippen LogP contribution in [0.3, 0.4) is 0 Å². The maximum Gasteiger partial charge on any atom is 0.166 e. The van der Waals surface area contributed by atoms with Crippen molar-refractivity contribution < 1.29 is 0 Å². The van der Waals surface area contributed by atoms with Gasteiger partial charge in [0.15, 0.2) is 5.11 Å². The molecule has 1 unspecified atom stereocenters. The van der Waals surface area contributed by atoms with Crippen molar-refractivity contribution in [1.82, 2.24) is 10.6 Å². The Bertz CT molecular complexity index is 244. The Morgan fingerprint density at radius 2 is 2.42 bits per heavy atom. The second-order valence-electron chi connectivity index (χ2n) is 2.46. The molecule has 0 aliphatic carbocycles. The SMILES string of the molecule is CNC(=S)NC(C)c1cccs1. The van der Waals surface area contributed by atoms with Crippen LogP contribution in [0, 0.1) is 0 Å². The lowest BCUT2D eigenvalue weighted by Gasteiger charge is -2.13. The highest BCUT2D eigenvalue weighted by atomic mass is 32.1. The van der Waals surface area contributed by atoms with E-state index in [9.17, 15) is 0 Å². The predicted molar refractivity (Wildman–Crippen MR) is 57.5 cm³/mol. The zero-order chi connectivity index (χ0) is 8.97. The third kappa shape index (κ3) is 2.46. The van der Waals surface area contributed by atoms with Gasteiger partial charge in [0.1, 0.15) is 0 Å². The fourth-order valence-corrected chi connectivity index (χ4v) is 1.79. The monoisotopic (exact) mass is 200 g/mol. The van der Waals surface area contributed by atoms with Gasteiger partial charge in [-0.3, -0.25) is 0 Å². The van der Waals surface area contributed by atoms with Gasteiger partial charge in [-0.2, -0.15) is 0 Å². The van der Waals surface area contributed by atoms with Gasteiger partial charge in [-0.15, -0.1) is 11.3 Å². The van der Waals surface area contributed by atoms with E-state index in [4.69, 9.17) is 12.2 Å². The predicted octanol–water partition coefficient (Wildman–Crippen LogP) is 1.90. The summed E-state index contributed by atoms with van der Waals surface area (Å²) < 4.78 is 0. The van der Waals surface area contributed by atoms with Crippen LogP contribution in [0.25, 0.3) is 0 Å². The summed E-state index contributed by atoms with van der Waals surface area (Å²) in [4.78, 5) is 1.30. The van der Waals surface area contributed by atoms with Crippen LogP contribution in [0.4, 0.5) is 0 Å². The van der Waals surface area contributed by atoms with E-state index in [1.165, 1.54) is 4.88 Å². The second-order valence-corrected chi connectivity index (χ2v) is 3.85. The molecule has 0 aliphatic rings. The summed E-state index contributed by atoms with van der Waals surface area (Å²) in [6, 6.07) is 4.44. The summed E-state index contributed by atoms with van der Waals surface area (Å²) in [5.74, 6) is 0. The lowest BCUT2D eigenvalue weighted by atomic mass is 10.3. The molecule has 66 valence electrons. The summed E-state index contributed by atoms with van der Waals surface area (Å²) in [5, 5.41) is 8.80. The van der Waals surface area contributed by atoms with E-state index in [1.54, 1.807) is 11.3 Å². The van der Waals surface area contributed by atoms with E-state index in [1.807, 2.05) is 13.1 Å². The van der Waals surface area contributed by atoms with Crippen molar-refractivity contribution in [1.29, 1.82) is 0 Å². The van der Waals surface area contributed by atoms with E-state index in [2.05, 4.69) is 29.0 Å². The fourth-order valence-electron chi connectivity index (χ4n) is 0.878. The van der Waals surface area contributed by atoms with E-state index < -0.39 is 0 Å². The maximum absolute atomic E-state index is 4.99. The Hall–Kier alpha value is -0.610. The number of nitrogens with one attached hydrogen (secondary N) is 2. The first kappa shape index (κ1) is 9.48. The largest absolute Gasteiger partial charge is 0.366 e. The first-order valence-electron chi connectivity index (χ1n) is 3.75. The van der Waals surface area contributed by atoms with Crippen molar-refractivity contribution >= 4 is 28.7 Å². The minimum atomic E-state index is 0.296. The van der Waals surface area contributed by atoms with Gasteiger partial charge in [0.2, 0.25) is 0 Å². The molecular weight excluding hydrogens is 188 g/mol.